The number of hydrogen-bond donors (Lipinski definition) is 2. The van der Waals surface area contributed by atoms with Crippen molar-refractivity contribution in [2.75, 3.05) is 31.6 Å². The highest BCUT2D eigenvalue weighted by Gasteiger charge is 2.32. The van der Waals surface area contributed by atoms with Crippen molar-refractivity contribution in [1.82, 2.24) is 10.6 Å². The number of rotatable bonds is 7. The van der Waals surface area contributed by atoms with Crippen molar-refractivity contribution in [2.24, 2.45) is 0 Å². The Kier molecular flexibility index (Phi) is 7.06. The highest BCUT2D eigenvalue weighted by molar-refractivity contribution is 6.42. The van der Waals surface area contributed by atoms with Gasteiger partial charge in [0, 0.05) is 12.2 Å². The van der Waals surface area contributed by atoms with E-state index in [0.717, 1.165) is 11.3 Å². The van der Waals surface area contributed by atoms with Gasteiger partial charge in [-0.2, -0.15) is 0 Å². The number of ether oxygens (including phenoxy) is 2. The van der Waals surface area contributed by atoms with Crippen LogP contribution >= 0.6 is 23.2 Å². The summed E-state index contributed by atoms with van der Waals surface area (Å²) >= 11 is 11.9. The lowest BCUT2D eigenvalue weighted by Crippen LogP contribution is -2.41. The van der Waals surface area contributed by atoms with Gasteiger partial charge in [-0.05, 0) is 42.3 Å². The molecule has 0 aromatic heterocycles. The maximum absolute atomic E-state index is 12.1. The van der Waals surface area contributed by atoms with Gasteiger partial charge < -0.3 is 20.1 Å². The van der Waals surface area contributed by atoms with Crippen molar-refractivity contribution < 1.29 is 19.1 Å². The molecule has 29 heavy (non-hydrogen) atoms. The number of hydrogen-bond acceptors (Lipinski definition) is 4. The van der Waals surface area contributed by atoms with E-state index in [-0.39, 0.29) is 12.6 Å². The van der Waals surface area contributed by atoms with Gasteiger partial charge in [0.05, 0.1) is 30.2 Å². The topological polar surface area (TPSA) is 79.9 Å². The molecule has 0 bridgehead atoms. The van der Waals surface area contributed by atoms with Crippen LogP contribution in [0.1, 0.15) is 5.56 Å². The van der Waals surface area contributed by atoms with Gasteiger partial charge in [0.25, 0.3) is 0 Å². The average molecular weight is 438 g/mol. The van der Waals surface area contributed by atoms with Crippen molar-refractivity contribution in [3.8, 4) is 5.75 Å². The fraction of sp³-hybridized carbons (Fsp3) is 0.300. The molecule has 0 radical (unpaired) electrons. The largest absolute Gasteiger partial charge is 0.497 e. The van der Waals surface area contributed by atoms with Gasteiger partial charge >= 0.3 is 12.1 Å². The maximum Gasteiger partial charge on any atom is 0.414 e. The summed E-state index contributed by atoms with van der Waals surface area (Å²) in [7, 11) is 1.62. The molecule has 3 amide bonds. The minimum Gasteiger partial charge on any atom is -0.497 e. The summed E-state index contributed by atoms with van der Waals surface area (Å²) in [5, 5.41) is 6.27. The Morgan fingerprint density at radius 2 is 1.93 bits per heavy atom. The zero-order valence-electron chi connectivity index (χ0n) is 15.8. The van der Waals surface area contributed by atoms with E-state index >= 15 is 0 Å². The minimum absolute atomic E-state index is 0.206. The Hall–Kier alpha value is -2.64. The Labute approximate surface area is 178 Å². The first kappa shape index (κ1) is 21.1. The van der Waals surface area contributed by atoms with Gasteiger partial charge in [0.15, 0.2) is 0 Å². The summed E-state index contributed by atoms with van der Waals surface area (Å²) in [6.45, 7) is 0.999. The molecular formula is C20H21Cl2N3O4. The third kappa shape index (κ3) is 5.68. The summed E-state index contributed by atoms with van der Waals surface area (Å²) in [5.74, 6) is 0.792. The predicted molar refractivity (Wildman–Crippen MR) is 112 cm³/mol. The molecule has 154 valence electrons. The number of cyclic esters (lactones) is 1. The monoisotopic (exact) mass is 437 g/mol. The van der Waals surface area contributed by atoms with E-state index in [0.29, 0.717) is 35.2 Å². The molecule has 0 saturated carbocycles. The predicted octanol–water partition coefficient (Wildman–Crippen LogP) is 3.87. The standard InChI is InChI=1S/C20H21Cl2N3O4/c1-28-15-5-2-13(3-6-15)8-9-23-19(26)24-11-16-12-25(20(27)29-16)14-4-7-17(21)18(22)10-14/h2-7,10,16H,8-9,11-12H2,1H3,(H2,23,24,26)/t16-/m1/s1. The molecule has 1 saturated heterocycles. The Morgan fingerprint density at radius 3 is 2.62 bits per heavy atom. The van der Waals surface area contributed by atoms with E-state index in [9.17, 15) is 9.59 Å². The summed E-state index contributed by atoms with van der Waals surface area (Å²) in [6, 6.07) is 12.3. The minimum atomic E-state index is -0.491. The molecular weight excluding hydrogens is 417 g/mol. The first-order valence-electron chi connectivity index (χ1n) is 9.04. The zero-order valence-corrected chi connectivity index (χ0v) is 17.3. The van der Waals surface area contributed by atoms with Gasteiger partial charge in [-0.15, -0.1) is 0 Å². The fourth-order valence-corrected chi connectivity index (χ4v) is 3.17. The molecule has 0 aliphatic carbocycles. The Balaban J connectivity index is 1.41. The van der Waals surface area contributed by atoms with Gasteiger partial charge in [-0.25, -0.2) is 9.59 Å². The van der Waals surface area contributed by atoms with Crippen LogP contribution in [0.3, 0.4) is 0 Å². The number of nitrogens with zero attached hydrogens (tertiary/aromatic N) is 1. The molecule has 2 aromatic rings. The molecule has 1 atom stereocenters. The fourth-order valence-electron chi connectivity index (χ4n) is 2.87. The smallest absolute Gasteiger partial charge is 0.414 e. The summed E-state index contributed by atoms with van der Waals surface area (Å²) in [5.41, 5.74) is 1.68. The quantitative estimate of drug-likeness (QED) is 0.688. The van der Waals surface area contributed by atoms with Crippen LogP contribution in [0.25, 0.3) is 0 Å². The number of benzene rings is 2. The molecule has 2 aromatic carbocycles. The summed E-state index contributed by atoms with van der Waals surface area (Å²) in [6.07, 6.45) is -0.250. The first-order chi connectivity index (χ1) is 14.0. The van der Waals surface area contributed by atoms with E-state index in [1.54, 1.807) is 25.3 Å². The number of carbonyl (C=O) groups excluding carboxylic acids is 2. The van der Waals surface area contributed by atoms with Crippen LogP contribution in [0.5, 0.6) is 5.75 Å². The molecule has 1 aliphatic heterocycles. The van der Waals surface area contributed by atoms with E-state index < -0.39 is 12.2 Å². The van der Waals surface area contributed by atoms with Crippen molar-refractivity contribution >= 4 is 41.0 Å². The third-order valence-corrected chi connectivity index (χ3v) is 5.18. The SMILES string of the molecule is COc1ccc(CCNC(=O)NC[C@@H]2CN(c3ccc(Cl)c(Cl)c3)C(=O)O2)cc1. The first-order valence-corrected chi connectivity index (χ1v) is 9.79. The number of carbonyl (C=O) groups is 2. The second-order valence-electron chi connectivity index (χ2n) is 6.45. The van der Waals surface area contributed by atoms with E-state index in [4.69, 9.17) is 32.7 Å². The van der Waals surface area contributed by atoms with Crippen molar-refractivity contribution in [3.05, 3.63) is 58.1 Å². The van der Waals surface area contributed by atoms with Gasteiger partial charge in [-0.1, -0.05) is 35.3 Å². The van der Waals surface area contributed by atoms with Crippen LogP contribution in [-0.2, 0) is 11.2 Å². The maximum atomic E-state index is 12.1. The van der Waals surface area contributed by atoms with Crippen LogP contribution in [0.15, 0.2) is 42.5 Å². The molecule has 0 unspecified atom stereocenters. The molecule has 0 spiro atoms. The number of methoxy groups -OCH3 is 1. The summed E-state index contributed by atoms with van der Waals surface area (Å²) in [4.78, 5) is 25.5. The lowest BCUT2D eigenvalue weighted by atomic mass is 10.1. The number of halogens is 2. The Morgan fingerprint density at radius 1 is 1.17 bits per heavy atom. The molecule has 7 nitrogen and oxygen atoms in total. The highest BCUT2D eigenvalue weighted by atomic mass is 35.5. The number of nitrogens with one attached hydrogen (secondary N) is 2. The van der Waals surface area contributed by atoms with Gasteiger partial charge in [0.2, 0.25) is 0 Å². The lowest BCUT2D eigenvalue weighted by molar-refractivity contribution is 0.140. The lowest BCUT2D eigenvalue weighted by Gasteiger charge is -2.14. The van der Waals surface area contributed by atoms with Crippen LogP contribution in [0, 0.1) is 0 Å². The third-order valence-electron chi connectivity index (χ3n) is 4.44. The van der Waals surface area contributed by atoms with Crippen molar-refractivity contribution in [3.63, 3.8) is 0 Å². The normalized spacial score (nSPS) is 15.8. The average Bonchev–Trinajstić information content (AvgIpc) is 3.09. The highest BCUT2D eigenvalue weighted by Crippen LogP contribution is 2.29. The van der Waals surface area contributed by atoms with Crippen molar-refractivity contribution in [2.45, 2.75) is 12.5 Å². The van der Waals surface area contributed by atoms with E-state index in [1.807, 2.05) is 24.3 Å². The molecule has 2 N–H and O–H groups in total. The number of urea groups is 1. The number of anilines is 1. The van der Waals surface area contributed by atoms with Gasteiger partial charge in [0.1, 0.15) is 11.9 Å². The number of amides is 3. The van der Waals surface area contributed by atoms with Gasteiger partial charge in [-0.3, -0.25) is 4.90 Å². The van der Waals surface area contributed by atoms with Crippen LogP contribution in [0.4, 0.5) is 15.3 Å². The molecule has 1 fully saturated rings. The molecule has 1 aliphatic rings. The molecule has 9 heteroatoms. The second kappa shape index (κ2) is 9.71. The van der Waals surface area contributed by atoms with Crippen LogP contribution in [-0.4, -0.2) is 45.0 Å². The van der Waals surface area contributed by atoms with Crippen LogP contribution in [0.2, 0.25) is 10.0 Å². The molecule has 3 rings (SSSR count). The van der Waals surface area contributed by atoms with Crippen molar-refractivity contribution in [1.29, 1.82) is 0 Å². The van der Waals surface area contributed by atoms with E-state index in [2.05, 4.69) is 10.6 Å². The zero-order chi connectivity index (χ0) is 20.8. The van der Waals surface area contributed by atoms with Crippen LogP contribution < -0.4 is 20.3 Å². The Bertz CT molecular complexity index is 877. The van der Waals surface area contributed by atoms with E-state index in [1.165, 1.54) is 4.90 Å². The molecule has 1 heterocycles. The second-order valence-corrected chi connectivity index (χ2v) is 7.26. The summed E-state index contributed by atoms with van der Waals surface area (Å²) < 4.78 is 10.4.